The fourth-order valence-electron chi connectivity index (χ4n) is 1.87. The molecule has 0 atom stereocenters. The summed E-state index contributed by atoms with van der Waals surface area (Å²) < 4.78 is 0. The Morgan fingerprint density at radius 2 is 1.53 bits per heavy atom. The molecule has 0 bridgehead atoms. The van der Waals surface area contributed by atoms with Gasteiger partial charge in [0.2, 0.25) is 0 Å². The predicted octanol–water partition coefficient (Wildman–Crippen LogP) is 2.28. The van der Waals surface area contributed by atoms with Crippen LogP contribution < -0.4 is 10.6 Å². The van der Waals surface area contributed by atoms with Crippen LogP contribution in [0, 0.1) is 0 Å². The van der Waals surface area contributed by atoms with Crippen molar-refractivity contribution in [1.29, 1.82) is 0 Å². The summed E-state index contributed by atoms with van der Waals surface area (Å²) in [5.74, 6) is 0. The first-order chi connectivity index (χ1) is 7.35. The molecule has 0 fully saturated rings. The molecule has 0 aliphatic rings. The highest BCUT2D eigenvalue weighted by atomic mass is 15.1. The molecule has 2 nitrogen and oxygen atoms in total. The number of hydrogen-bond acceptors (Lipinski definition) is 2. The lowest BCUT2D eigenvalue weighted by Crippen LogP contribution is -2.28. The molecule has 2 N–H and O–H groups in total. The van der Waals surface area contributed by atoms with Crippen LogP contribution in [0.3, 0.4) is 0 Å². The highest BCUT2D eigenvalue weighted by Crippen LogP contribution is 2.18. The summed E-state index contributed by atoms with van der Waals surface area (Å²) in [4.78, 5) is 0. The summed E-state index contributed by atoms with van der Waals surface area (Å²) in [5.41, 5.74) is 1.26. The van der Waals surface area contributed by atoms with E-state index in [9.17, 15) is 0 Å². The molecule has 0 saturated carbocycles. The van der Waals surface area contributed by atoms with Gasteiger partial charge in [0.1, 0.15) is 0 Å². The molecule has 0 unspecified atom stereocenters. The van der Waals surface area contributed by atoms with E-state index >= 15 is 0 Å². The van der Waals surface area contributed by atoms with E-state index in [1.54, 1.807) is 0 Å². The third-order valence-corrected chi connectivity index (χ3v) is 2.68. The van der Waals surface area contributed by atoms with Crippen LogP contribution in [0.15, 0.2) is 42.5 Å². The summed E-state index contributed by atoms with van der Waals surface area (Å²) >= 11 is 0. The quantitative estimate of drug-likeness (QED) is 0.743. The lowest BCUT2D eigenvalue weighted by Gasteiger charge is -2.15. The zero-order chi connectivity index (χ0) is 10.7. The van der Waals surface area contributed by atoms with Crippen LogP contribution in [0.4, 0.5) is 0 Å². The molecule has 0 aliphatic heterocycles. The molecule has 2 heteroatoms. The normalized spacial score (nSPS) is 11.1. The van der Waals surface area contributed by atoms with Gasteiger partial charge in [-0.3, -0.25) is 0 Å². The van der Waals surface area contributed by atoms with Crippen molar-refractivity contribution in [1.82, 2.24) is 10.6 Å². The number of rotatable bonds is 3. The summed E-state index contributed by atoms with van der Waals surface area (Å²) in [6.07, 6.45) is 0.217. The fourth-order valence-corrected chi connectivity index (χ4v) is 1.87. The Hall–Kier alpha value is -1.38. The van der Waals surface area contributed by atoms with Gasteiger partial charge in [-0.05, 0) is 36.5 Å². The van der Waals surface area contributed by atoms with E-state index in [1.807, 2.05) is 14.1 Å². The molecule has 2 aromatic rings. The fraction of sp³-hybridized carbons (Fsp3) is 0.231. The van der Waals surface area contributed by atoms with E-state index in [-0.39, 0.29) is 6.17 Å². The van der Waals surface area contributed by atoms with Crippen LogP contribution in [0.5, 0.6) is 0 Å². The summed E-state index contributed by atoms with van der Waals surface area (Å²) in [5, 5.41) is 9.01. The Morgan fingerprint density at radius 3 is 2.20 bits per heavy atom. The molecule has 78 valence electrons. The van der Waals surface area contributed by atoms with Gasteiger partial charge in [-0.15, -0.1) is 0 Å². The van der Waals surface area contributed by atoms with Gasteiger partial charge in [0.15, 0.2) is 0 Å². The van der Waals surface area contributed by atoms with Gasteiger partial charge in [0.05, 0.1) is 6.17 Å². The van der Waals surface area contributed by atoms with Crippen molar-refractivity contribution in [2.45, 2.75) is 6.17 Å². The van der Waals surface area contributed by atoms with Crippen molar-refractivity contribution < 1.29 is 0 Å². The second-order valence-electron chi connectivity index (χ2n) is 3.62. The van der Waals surface area contributed by atoms with Crippen molar-refractivity contribution in [3.63, 3.8) is 0 Å². The number of benzene rings is 2. The van der Waals surface area contributed by atoms with Gasteiger partial charge < -0.3 is 10.6 Å². The van der Waals surface area contributed by atoms with E-state index in [2.05, 4.69) is 53.1 Å². The SMILES string of the molecule is CNC(NC)c1ccc2ccccc2c1. The Labute approximate surface area is 90.3 Å². The maximum Gasteiger partial charge on any atom is 0.0830 e. The maximum absolute atomic E-state index is 3.22. The Kier molecular flexibility index (Phi) is 2.99. The molecule has 0 aromatic heterocycles. The average Bonchev–Trinajstić information content (AvgIpc) is 2.30. The molecule has 0 saturated heterocycles. The molecule has 0 heterocycles. The minimum absolute atomic E-state index is 0.217. The van der Waals surface area contributed by atoms with Gasteiger partial charge in [0.25, 0.3) is 0 Å². The Balaban J connectivity index is 2.46. The third kappa shape index (κ3) is 2.01. The van der Waals surface area contributed by atoms with Crippen molar-refractivity contribution >= 4 is 10.8 Å². The molecular weight excluding hydrogens is 184 g/mol. The first-order valence-corrected chi connectivity index (χ1v) is 5.18. The van der Waals surface area contributed by atoms with E-state index in [0.29, 0.717) is 0 Å². The van der Waals surface area contributed by atoms with Gasteiger partial charge in [-0.2, -0.15) is 0 Å². The van der Waals surface area contributed by atoms with Gasteiger partial charge in [0, 0.05) is 0 Å². The molecule has 15 heavy (non-hydrogen) atoms. The van der Waals surface area contributed by atoms with Crippen LogP contribution in [0.2, 0.25) is 0 Å². The third-order valence-electron chi connectivity index (χ3n) is 2.68. The van der Waals surface area contributed by atoms with Gasteiger partial charge in [-0.25, -0.2) is 0 Å². The topological polar surface area (TPSA) is 24.1 Å². The molecule has 0 spiro atoms. The van der Waals surface area contributed by atoms with Gasteiger partial charge >= 0.3 is 0 Å². The lowest BCUT2D eigenvalue weighted by molar-refractivity contribution is 0.520. The van der Waals surface area contributed by atoms with Crippen molar-refractivity contribution in [2.75, 3.05) is 14.1 Å². The Bertz CT molecular complexity index is 447. The number of fused-ring (bicyclic) bond motifs is 1. The first-order valence-electron chi connectivity index (χ1n) is 5.18. The van der Waals surface area contributed by atoms with Crippen molar-refractivity contribution in [3.05, 3.63) is 48.0 Å². The highest BCUT2D eigenvalue weighted by Gasteiger charge is 2.05. The van der Waals surface area contributed by atoms with E-state index in [0.717, 1.165) is 0 Å². The van der Waals surface area contributed by atoms with E-state index < -0.39 is 0 Å². The van der Waals surface area contributed by atoms with Crippen LogP contribution in [0.25, 0.3) is 10.8 Å². The number of hydrogen-bond donors (Lipinski definition) is 2. The van der Waals surface area contributed by atoms with Crippen LogP contribution in [0.1, 0.15) is 11.7 Å². The average molecular weight is 200 g/mol. The van der Waals surface area contributed by atoms with E-state index in [4.69, 9.17) is 0 Å². The molecule has 2 aromatic carbocycles. The smallest absolute Gasteiger partial charge is 0.0830 e. The molecule has 2 rings (SSSR count). The summed E-state index contributed by atoms with van der Waals surface area (Å²) in [6, 6.07) is 14.9. The van der Waals surface area contributed by atoms with Crippen LogP contribution in [-0.2, 0) is 0 Å². The summed E-state index contributed by atoms with van der Waals surface area (Å²) in [7, 11) is 3.91. The maximum atomic E-state index is 3.22. The number of nitrogens with one attached hydrogen (secondary N) is 2. The first kappa shape index (κ1) is 10.1. The van der Waals surface area contributed by atoms with Crippen molar-refractivity contribution in [3.8, 4) is 0 Å². The largest absolute Gasteiger partial charge is 0.301 e. The molecule has 0 amide bonds. The lowest BCUT2D eigenvalue weighted by atomic mass is 10.1. The zero-order valence-corrected chi connectivity index (χ0v) is 9.12. The second kappa shape index (κ2) is 4.43. The minimum atomic E-state index is 0.217. The standard InChI is InChI=1S/C13H16N2/c1-14-13(15-2)12-8-7-10-5-3-4-6-11(10)9-12/h3-9,13-15H,1-2H3. The highest BCUT2D eigenvalue weighted by molar-refractivity contribution is 5.83. The second-order valence-corrected chi connectivity index (χ2v) is 3.62. The minimum Gasteiger partial charge on any atom is -0.301 e. The summed E-state index contributed by atoms with van der Waals surface area (Å²) in [6.45, 7) is 0. The molecular formula is C13H16N2. The molecule has 0 radical (unpaired) electrons. The monoisotopic (exact) mass is 200 g/mol. The van der Waals surface area contributed by atoms with Crippen LogP contribution >= 0.6 is 0 Å². The molecule has 0 aliphatic carbocycles. The van der Waals surface area contributed by atoms with Gasteiger partial charge in [-0.1, -0.05) is 36.4 Å². The Morgan fingerprint density at radius 1 is 0.867 bits per heavy atom. The predicted molar refractivity (Wildman–Crippen MR) is 64.8 cm³/mol. The van der Waals surface area contributed by atoms with Crippen LogP contribution in [-0.4, -0.2) is 14.1 Å². The zero-order valence-electron chi connectivity index (χ0n) is 9.12. The van der Waals surface area contributed by atoms with Crippen molar-refractivity contribution in [2.24, 2.45) is 0 Å². The van der Waals surface area contributed by atoms with E-state index in [1.165, 1.54) is 16.3 Å².